The van der Waals surface area contributed by atoms with Crippen LogP contribution >= 0.6 is 0 Å². The number of hydrogen-bond acceptors (Lipinski definition) is 6. The van der Waals surface area contributed by atoms with E-state index in [1.807, 2.05) is 13.8 Å². The van der Waals surface area contributed by atoms with Crippen LogP contribution in [0.3, 0.4) is 0 Å². The van der Waals surface area contributed by atoms with Gasteiger partial charge in [-0.2, -0.15) is 0 Å². The molecule has 0 spiro atoms. The summed E-state index contributed by atoms with van der Waals surface area (Å²) in [4.78, 5) is 40.8. The molecule has 36 heavy (non-hydrogen) atoms. The fourth-order valence-electron chi connectivity index (χ4n) is 3.61. The molecule has 2 atom stereocenters. The van der Waals surface area contributed by atoms with Gasteiger partial charge in [-0.1, -0.05) is 26.0 Å². The molecule has 3 amide bonds. The van der Waals surface area contributed by atoms with Crippen LogP contribution in [0, 0.1) is 5.92 Å². The van der Waals surface area contributed by atoms with E-state index in [-0.39, 0.29) is 11.7 Å². The molecule has 2 rings (SSSR count). The maximum absolute atomic E-state index is 13.6. The summed E-state index contributed by atoms with van der Waals surface area (Å²) in [7, 11) is 3.06. The minimum absolute atomic E-state index is 0.0336. The van der Waals surface area contributed by atoms with E-state index in [0.717, 1.165) is 0 Å². The van der Waals surface area contributed by atoms with Crippen molar-refractivity contribution in [1.82, 2.24) is 10.2 Å². The van der Waals surface area contributed by atoms with Gasteiger partial charge in [-0.15, -0.1) is 0 Å². The third-order valence-corrected chi connectivity index (χ3v) is 5.25. The van der Waals surface area contributed by atoms with Crippen LogP contribution in [0.15, 0.2) is 48.5 Å². The van der Waals surface area contributed by atoms with Gasteiger partial charge >= 0.3 is 6.09 Å². The molecule has 9 heteroatoms. The highest BCUT2D eigenvalue weighted by Crippen LogP contribution is 2.26. The molecule has 0 bridgehead atoms. The van der Waals surface area contributed by atoms with Crippen LogP contribution in [0.4, 0.5) is 10.5 Å². The van der Waals surface area contributed by atoms with Gasteiger partial charge in [0.05, 0.1) is 7.11 Å². The molecular weight excluding hydrogens is 462 g/mol. The number of likely N-dealkylation sites (N-methyl/N-ethyl adjacent to an activating group) is 1. The van der Waals surface area contributed by atoms with E-state index in [1.54, 1.807) is 64.3 Å². The van der Waals surface area contributed by atoms with Gasteiger partial charge < -0.3 is 30.1 Å². The molecule has 2 aromatic rings. The van der Waals surface area contributed by atoms with Crippen molar-refractivity contribution >= 4 is 23.6 Å². The van der Waals surface area contributed by atoms with Crippen molar-refractivity contribution in [1.29, 1.82) is 0 Å². The number of nitrogens with one attached hydrogen (secondary N) is 2. The fourth-order valence-corrected chi connectivity index (χ4v) is 3.61. The maximum atomic E-state index is 13.6. The molecule has 0 aliphatic carbocycles. The monoisotopic (exact) mass is 499 g/mol. The maximum Gasteiger partial charge on any atom is 0.408 e. The highest BCUT2D eigenvalue weighted by Gasteiger charge is 2.34. The van der Waals surface area contributed by atoms with Gasteiger partial charge in [0, 0.05) is 12.7 Å². The first-order chi connectivity index (χ1) is 16.8. The van der Waals surface area contributed by atoms with Gasteiger partial charge in [-0.05, 0) is 75.1 Å². The molecule has 0 heterocycles. The van der Waals surface area contributed by atoms with Gasteiger partial charge in [0.25, 0.3) is 5.91 Å². The zero-order valence-corrected chi connectivity index (χ0v) is 22.0. The Labute approximate surface area is 212 Å². The molecule has 196 valence electrons. The second-order valence-corrected chi connectivity index (χ2v) is 9.99. The minimum Gasteiger partial charge on any atom is -0.508 e. The normalized spacial score (nSPS) is 12.9. The number of phenols is 1. The van der Waals surface area contributed by atoms with Crippen LogP contribution in [-0.4, -0.2) is 53.7 Å². The number of rotatable bonds is 9. The number of nitrogens with zero attached hydrogens (tertiary/aromatic N) is 1. The van der Waals surface area contributed by atoms with Crippen molar-refractivity contribution < 1.29 is 29.0 Å². The predicted octanol–water partition coefficient (Wildman–Crippen LogP) is 4.48. The van der Waals surface area contributed by atoms with Gasteiger partial charge in [-0.3, -0.25) is 9.59 Å². The Hall–Kier alpha value is -3.75. The number of ether oxygens (including phenoxy) is 2. The first-order valence-electron chi connectivity index (χ1n) is 11.8. The molecule has 0 radical (unpaired) electrons. The Kier molecular flexibility index (Phi) is 9.72. The number of alkyl carbamates (subject to hydrolysis) is 1. The fraction of sp³-hybridized carbons (Fsp3) is 0.444. The lowest BCUT2D eigenvalue weighted by atomic mass is 9.99. The third kappa shape index (κ3) is 8.48. The van der Waals surface area contributed by atoms with E-state index in [9.17, 15) is 19.5 Å². The number of hydrogen-bond donors (Lipinski definition) is 3. The van der Waals surface area contributed by atoms with Crippen LogP contribution in [0.1, 0.15) is 52.6 Å². The first kappa shape index (κ1) is 28.5. The van der Waals surface area contributed by atoms with Crippen molar-refractivity contribution in [2.75, 3.05) is 19.5 Å². The van der Waals surface area contributed by atoms with Crippen molar-refractivity contribution in [3.8, 4) is 11.5 Å². The van der Waals surface area contributed by atoms with E-state index in [4.69, 9.17) is 9.47 Å². The molecule has 3 N–H and O–H groups in total. The number of amides is 3. The minimum atomic E-state index is -1.03. The number of aromatic hydroxyl groups is 1. The van der Waals surface area contributed by atoms with Gasteiger partial charge in [0.1, 0.15) is 29.2 Å². The van der Waals surface area contributed by atoms with Crippen LogP contribution in [0.2, 0.25) is 0 Å². The van der Waals surface area contributed by atoms with E-state index >= 15 is 0 Å². The number of carbonyl (C=O) groups excluding carboxylic acids is 3. The van der Waals surface area contributed by atoms with Crippen LogP contribution in [-0.2, 0) is 14.3 Å². The van der Waals surface area contributed by atoms with Crippen LogP contribution in [0.25, 0.3) is 0 Å². The summed E-state index contributed by atoms with van der Waals surface area (Å²) in [5.74, 6) is -0.145. The number of methoxy groups -OCH3 is 1. The van der Waals surface area contributed by atoms with E-state index in [1.165, 1.54) is 24.1 Å². The number of benzene rings is 2. The molecular formula is C27H37N3O6. The molecule has 2 aromatic carbocycles. The smallest absolute Gasteiger partial charge is 0.408 e. The Morgan fingerprint density at radius 3 is 2.08 bits per heavy atom. The molecule has 0 aliphatic heterocycles. The Balaban J connectivity index is 2.35. The van der Waals surface area contributed by atoms with Gasteiger partial charge in [0.15, 0.2) is 0 Å². The van der Waals surface area contributed by atoms with E-state index in [0.29, 0.717) is 23.4 Å². The predicted molar refractivity (Wildman–Crippen MR) is 138 cm³/mol. The number of carbonyl (C=O) groups is 3. The lowest BCUT2D eigenvalue weighted by Gasteiger charge is -2.32. The zero-order chi connectivity index (χ0) is 27.0. The Bertz CT molecular complexity index is 1030. The second-order valence-electron chi connectivity index (χ2n) is 9.99. The first-order valence-corrected chi connectivity index (χ1v) is 11.8. The molecule has 0 aliphatic rings. The third-order valence-electron chi connectivity index (χ3n) is 5.25. The standard InChI is InChI=1S/C27H37N3O6/c1-17(2)16-22(29-26(34)36-27(3,4)5)25(33)30(6)23(18-8-12-20(31)13-9-18)24(32)28-19-10-14-21(35-7)15-11-19/h8-15,17,22-23,31H,16H2,1-7H3,(H,28,32)(H,29,34). The summed E-state index contributed by atoms with van der Waals surface area (Å²) in [5.41, 5.74) is 0.292. The van der Waals surface area contributed by atoms with Gasteiger partial charge in [-0.25, -0.2) is 4.79 Å². The highest BCUT2D eigenvalue weighted by molar-refractivity contribution is 5.99. The highest BCUT2D eigenvalue weighted by atomic mass is 16.6. The molecule has 2 unspecified atom stereocenters. The summed E-state index contributed by atoms with van der Waals surface area (Å²) in [6.07, 6.45) is -0.357. The average Bonchev–Trinajstić information content (AvgIpc) is 2.78. The summed E-state index contributed by atoms with van der Waals surface area (Å²) < 4.78 is 10.5. The van der Waals surface area contributed by atoms with E-state index < -0.39 is 35.6 Å². The topological polar surface area (TPSA) is 117 Å². The number of anilines is 1. The quantitative estimate of drug-likeness (QED) is 0.468. The number of phenolic OH excluding ortho intramolecular Hbond substituents is 1. The molecule has 0 saturated carbocycles. The van der Waals surface area contributed by atoms with Crippen molar-refractivity contribution in [3.63, 3.8) is 0 Å². The SMILES string of the molecule is COc1ccc(NC(=O)C(c2ccc(O)cc2)N(C)C(=O)C(CC(C)C)NC(=O)OC(C)(C)C)cc1. The molecule has 0 fully saturated rings. The lowest BCUT2D eigenvalue weighted by Crippen LogP contribution is -2.51. The van der Waals surface area contributed by atoms with Crippen LogP contribution in [0.5, 0.6) is 11.5 Å². The summed E-state index contributed by atoms with van der Waals surface area (Å²) >= 11 is 0. The lowest BCUT2D eigenvalue weighted by molar-refractivity contribution is -0.139. The molecule has 0 saturated heterocycles. The van der Waals surface area contributed by atoms with Crippen molar-refractivity contribution in [2.24, 2.45) is 5.92 Å². The largest absolute Gasteiger partial charge is 0.508 e. The van der Waals surface area contributed by atoms with Gasteiger partial charge in [0.2, 0.25) is 5.91 Å². The Morgan fingerprint density at radius 2 is 1.58 bits per heavy atom. The van der Waals surface area contributed by atoms with Crippen molar-refractivity contribution in [2.45, 2.75) is 58.7 Å². The average molecular weight is 500 g/mol. The molecule has 9 nitrogen and oxygen atoms in total. The Morgan fingerprint density at radius 1 is 1.00 bits per heavy atom. The molecule has 0 aromatic heterocycles. The van der Waals surface area contributed by atoms with Crippen molar-refractivity contribution in [3.05, 3.63) is 54.1 Å². The van der Waals surface area contributed by atoms with E-state index in [2.05, 4.69) is 10.6 Å². The summed E-state index contributed by atoms with van der Waals surface area (Å²) in [6.45, 7) is 9.09. The summed E-state index contributed by atoms with van der Waals surface area (Å²) in [6, 6.07) is 10.9. The second kappa shape index (κ2) is 12.3. The zero-order valence-electron chi connectivity index (χ0n) is 22.0. The summed E-state index contributed by atoms with van der Waals surface area (Å²) in [5, 5.41) is 15.2. The van der Waals surface area contributed by atoms with Crippen LogP contribution < -0.4 is 15.4 Å².